The van der Waals surface area contributed by atoms with Crippen molar-refractivity contribution in [2.45, 2.75) is 6.42 Å². The molecule has 0 spiro atoms. The minimum Gasteiger partial charge on any atom is -0.497 e. The van der Waals surface area contributed by atoms with E-state index in [1.165, 1.54) is 7.11 Å². The van der Waals surface area contributed by atoms with Gasteiger partial charge < -0.3 is 19.5 Å². The Morgan fingerprint density at radius 2 is 1.79 bits per heavy atom. The first kappa shape index (κ1) is 17.3. The molecule has 0 heterocycles. The highest BCUT2D eigenvalue weighted by molar-refractivity contribution is 5.95. The van der Waals surface area contributed by atoms with Crippen LogP contribution in [0.4, 0.5) is 5.69 Å². The van der Waals surface area contributed by atoms with Crippen molar-refractivity contribution in [3.05, 3.63) is 53.6 Å². The van der Waals surface area contributed by atoms with Crippen molar-refractivity contribution in [2.24, 2.45) is 0 Å². The van der Waals surface area contributed by atoms with Crippen LogP contribution in [0.5, 0.6) is 11.5 Å². The first-order chi connectivity index (χ1) is 11.6. The summed E-state index contributed by atoms with van der Waals surface area (Å²) in [4.78, 5) is 23.8. The number of esters is 1. The molecule has 0 atom stereocenters. The van der Waals surface area contributed by atoms with Crippen LogP contribution in [0.25, 0.3) is 0 Å². The molecule has 0 radical (unpaired) electrons. The highest BCUT2D eigenvalue weighted by Crippen LogP contribution is 2.24. The van der Waals surface area contributed by atoms with Gasteiger partial charge in [0.15, 0.2) is 0 Å². The largest absolute Gasteiger partial charge is 0.497 e. The molecule has 0 aliphatic heterocycles. The third kappa shape index (κ3) is 4.25. The number of amides is 1. The van der Waals surface area contributed by atoms with Crippen LogP contribution in [0.2, 0.25) is 0 Å². The molecule has 1 amide bonds. The van der Waals surface area contributed by atoms with Crippen molar-refractivity contribution in [1.29, 1.82) is 0 Å². The molecular formula is C18H19NO5. The summed E-state index contributed by atoms with van der Waals surface area (Å²) in [6, 6.07) is 11.8. The van der Waals surface area contributed by atoms with Crippen molar-refractivity contribution in [1.82, 2.24) is 0 Å². The van der Waals surface area contributed by atoms with Gasteiger partial charge in [-0.2, -0.15) is 0 Å². The second-order valence-corrected chi connectivity index (χ2v) is 4.98. The number of rotatable bonds is 6. The molecule has 0 saturated heterocycles. The molecule has 1 N–H and O–H groups in total. The van der Waals surface area contributed by atoms with Gasteiger partial charge in [-0.25, -0.2) is 4.79 Å². The molecule has 6 heteroatoms. The quantitative estimate of drug-likeness (QED) is 0.825. The Morgan fingerprint density at radius 3 is 2.46 bits per heavy atom. The Bertz CT molecular complexity index is 742. The molecular weight excluding hydrogens is 310 g/mol. The molecule has 0 bridgehead atoms. The predicted octanol–water partition coefficient (Wildman–Crippen LogP) is 2.67. The van der Waals surface area contributed by atoms with Crippen molar-refractivity contribution in [3.8, 4) is 11.5 Å². The monoisotopic (exact) mass is 329 g/mol. The van der Waals surface area contributed by atoms with Gasteiger partial charge in [0.25, 0.3) is 0 Å². The minimum absolute atomic E-state index is 0.114. The first-order valence-electron chi connectivity index (χ1n) is 7.26. The van der Waals surface area contributed by atoms with Crippen molar-refractivity contribution >= 4 is 17.6 Å². The van der Waals surface area contributed by atoms with Gasteiger partial charge in [-0.3, -0.25) is 4.79 Å². The van der Waals surface area contributed by atoms with Gasteiger partial charge in [-0.05, 0) is 36.4 Å². The molecule has 0 aromatic heterocycles. The summed E-state index contributed by atoms with van der Waals surface area (Å²) in [7, 11) is 4.41. The molecule has 0 fully saturated rings. The van der Waals surface area contributed by atoms with Crippen molar-refractivity contribution in [3.63, 3.8) is 0 Å². The van der Waals surface area contributed by atoms with Crippen molar-refractivity contribution in [2.75, 3.05) is 26.6 Å². The van der Waals surface area contributed by atoms with E-state index in [2.05, 4.69) is 10.1 Å². The summed E-state index contributed by atoms with van der Waals surface area (Å²) in [6.07, 6.45) is 0.114. The third-order valence-electron chi connectivity index (χ3n) is 3.41. The Labute approximate surface area is 140 Å². The second-order valence-electron chi connectivity index (χ2n) is 4.98. The maximum absolute atomic E-state index is 12.3. The van der Waals surface area contributed by atoms with E-state index in [0.717, 1.165) is 0 Å². The van der Waals surface area contributed by atoms with Crippen LogP contribution >= 0.6 is 0 Å². The van der Waals surface area contributed by atoms with Crippen LogP contribution in [-0.2, 0) is 16.0 Å². The van der Waals surface area contributed by atoms with E-state index in [1.54, 1.807) is 56.7 Å². The molecule has 0 aliphatic carbocycles. The van der Waals surface area contributed by atoms with Gasteiger partial charge in [0.2, 0.25) is 5.91 Å². The SMILES string of the molecule is COC(=O)c1cccc(NC(=O)Cc2cc(OC)ccc2OC)c1. The summed E-state index contributed by atoms with van der Waals surface area (Å²) >= 11 is 0. The average molecular weight is 329 g/mol. The number of methoxy groups -OCH3 is 3. The van der Waals surface area contributed by atoms with Gasteiger partial charge in [-0.1, -0.05) is 6.07 Å². The van der Waals surface area contributed by atoms with Crippen LogP contribution in [0, 0.1) is 0 Å². The van der Waals surface area contributed by atoms with Gasteiger partial charge in [0.1, 0.15) is 11.5 Å². The van der Waals surface area contributed by atoms with Crippen LogP contribution in [0.15, 0.2) is 42.5 Å². The third-order valence-corrected chi connectivity index (χ3v) is 3.41. The summed E-state index contributed by atoms with van der Waals surface area (Å²) in [5.74, 6) is 0.560. The number of carbonyl (C=O) groups excluding carboxylic acids is 2. The number of anilines is 1. The zero-order valence-electron chi connectivity index (χ0n) is 13.8. The average Bonchev–Trinajstić information content (AvgIpc) is 2.61. The zero-order valence-corrected chi connectivity index (χ0v) is 13.8. The van der Waals surface area contributed by atoms with Crippen LogP contribution in [-0.4, -0.2) is 33.2 Å². The Morgan fingerprint density at radius 1 is 1.00 bits per heavy atom. The first-order valence-corrected chi connectivity index (χ1v) is 7.26. The lowest BCUT2D eigenvalue weighted by Gasteiger charge is -2.11. The summed E-state index contributed by atoms with van der Waals surface area (Å²) in [5.41, 5.74) is 1.59. The summed E-state index contributed by atoms with van der Waals surface area (Å²) in [5, 5.41) is 2.76. The smallest absolute Gasteiger partial charge is 0.337 e. The number of hydrogen-bond acceptors (Lipinski definition) is 5. The lowest BCUT2D eigenvalue weighted by atomic mass is 10.1. The van der Waals surface area contributed by atoms with E-state index in [0.29, 0.717) is 28.3 Å². The maximum atomic E-state index is 12.3. The molecule has 0 saturated carbocycles. The topological polar surface area (TPSA) is 73.9 Å². The van der Waals surface area contributed by atoms with E-state index in [1.807, 2.05) is 0 Å². The molecule has 0 aliphatic rings. The summed E-state index contributed by atoms with van der Waals surface area (Å²) < 4.78 is 15.1. The Kier molecular flexibility index (Phi) is 5.78. The molecule has 6 nitrogen and oxygen atoms in total. The molecule has 2 rings (SSSR count). The van der Waals surface area contributed by atoms with Gasteiger partial charge >= 0.3 is 5.97 Å². The fraction of sp³-hybridized carbons (Fsp3) is 0.222. The van der Waals surface area contributed by atoms with Crippen LogP contribution in [0.1, 0.15) is 15.9 Å². The fourth-order valence-electron chi connectivity index (χ4n) is 2.24. The lowest BCUT2D eigenvalue weighted by molar-refractivity contribution is -0.115. The van der Waals surface area contributed by atoms with E-state index in [4.69, 9.17) is 9.47 Å². The van der Waals surface area contributed by atoms with Gasteiger partial charge in [-0.15, -0.1) is 0 Å². The van der Waals surface area contributed by atoms with E-state index >= 15 is 0 Å². The van der Waals surface area contributed by atoms with Crippen molar-refractivity contribution < 1.29 is 23.8 Å². The van der Waals surface area contributed by atoms with Gasteiger partial charge in [0.05, 0.1) is 33.3 Å². The number of ether oxygens (including phenoxy) is 3. The molecule has 2 aromatic carbocycles. The highest BCUT2D eigenvalue weighted by atomic mass is 16.5. The normalized spacial score (nSPS) is 9.96. The minimum atomic E-state index is -0.458. The van der Waals surface area contributed by atoms with Gasteiger partial charge in [0, 0.05) is 11.3 Å². The number of hydrogen-bond donors (Lipinski definition) is 1. The Balaban J connectivity index is 2.12. The zero-order chi connectivity index (χ0) is 17.5. The molecule has 126 valence electrons. The number of carbonyl (C=O) groups is 2. The van der Waals surface area contributed by atoms with E-state index < -0.39 is 5.97 Å². The lowest BCUT2D eigenvalue weighted by Crippen LogP contribution is -2.15. The van der Waals surface area contributed by atoms with E-state index in [-0.39, 0.29) is 12.3 Å². The molecule has 0 unspecified atom stereocenters. The second kappa shape index (κ2) is 8.01. The summed E-state index contributed by atoms with van der Waals surface area (Å²) in [6.45, 7) is 0. The Hall–Kier alpha value is -3.02. The highest BCUT2D eigenvalue weighted by Gasteiger charge is 2.12. The number of nitrogens with one attached hydrogen (secondary N) is 1. The maximum Gasteiger partial charge on any atom is 0.337 e. The van der Waals surface area contributed by atoms with Crippen LogP contribution in [0.3, 0.4) is 0 Å². The fourth-order valence-corrected chi connectivity index (χ4v) is 2.24. The molecule has 2 aromatic rings. The predicted molar refractivity (Wildman–Crippen MR) is 89.7 cm³/mol. The van der Waals surface area contributed by atoms with Crippen LogP contribution < -0.4 is 14.8 Å². The number of benzene rings is 2. The standard InChI is InChI=1S/C18H19NO5/c1-22-15-7-8-16(23-2)13(10-15)11-17(20)19-14-6-4-5-12(9-14)18(21)24-3/h4-10H,11H2,1-3H3,(H,19,20). The van der Waals surface area contributed by atoms with E-state index in [9.17, 15) is 9.59 Å². The molecule has 24 heavy (non-hydrogen) atoms.